The minimum atomic E-state index is -3.94. The third kappa shape index (κ3) is 2.88. The van der Waals surface area contributed by atoms with Crippen LogP contribution in [0, 0.1) is 0 Å². The lowest BCUT2D eigenvalue weighted by Gasteiger charge is -2.37. The second-order valence-corrected chi connectivity index (χ2v) is 7.82. The lowest BCUT2D eigenvalue weighted by molar-refractivity contribution is -0.232. The Balaban J connectivity index is 1.58. The maximum absolute atomic E-state index is 12.9. The normalized spacial score (nSPS) is 43.2. The molecule has 132 valence electrons. The largest absolute Gasteiger partial charge is 0.530 e. The predicted molar refractivity (Wildman–Crippen MR) is 80.2 cm³/mol. The van der Waals surface area contributed by atoms with Crippen molar-refractivity contribution in [2.75, 3.05) is 6.61 Å². The molecule has 24 heavy (non-hydrogen) atoms. The van der Waals surface area contributed by atoms with Crippen molar-refractivity contribution in [2.24, 2.45) is 0 Å². The summed E-state index contributed by atoms with van der Waals surface area (Å²) in [6, 6.07) is 8.56. The fourth-order valence-electron chi connectivity index (χ4n) is 3.11. The summed E-state index contributed by atoms with van der Waals surface area (Å²) in [6.07, 6.45) is -3.48. The zero-order chi connectivity index (χ0) is 16.9. The standard InChI is InChI=1S/C15H19O8P/c1-15(2)19-13-12-11(18-14(13)20-15)10(8-16)22-24(17,23-12)21-9-6-4-3-5-7-9/h3-7,10-14,16H,8H2,1-2H3/t10-,11-,12+,13-,14-,24+/m1/s1. The van der Waals surface area contributed by atoms with Crippen molar-refractivity contribution < 1.29 is 37.5 Å². The molecule has 0 spiro atoms. The van der Waals surface area contributed by atoms with Crippen LogP contribution in [0.1, 0.15) is 13.8 Å². The molecule has 0 radical (unpaired) electrons. The smallest absolute Gasteiger partial charge is 0.404 e. The number of ether oxygens (including phenoxy) is 3. The lowest BCUT2D eigenvalue weighted by atomic mass is 10.1. The summed E-state index contributed by atoms with van der Waals surface area (Å²) in [5, 5.41) is 9.58. The third-order valence-electron chi connectivity index (χ3n) is 4.05. The summed E-state index contributed by atoms with van der Waals surface area (Å²) in [7, 11) is -3.94. The molecular weight excluding hydrogens is 339 g/mol. The molecule has 1 aromatic rings. The van der Waals surface area contributed by atoms with Crippen molar-refractivity contribution >= 4 is 7.82 Å². The van der Waals surface area contributed by atoms with E-state index < -0.39 is 50.9 Å². The van der Waals surface area contributed by atoms with Gasteiger partial charge in [0.15, 0.2) is 12.1 Å². The van der Waals surface area contributed by atoms with E-state index in [1.165, 1.54) is 0 Å². The van der Waals surface area contributed by atoms with Gasteiger partial charge in [0.2, 0.25) is 0 Å². The number of fused-ring (bicyclic) bond motifs is 3. The van der Waals surface area contributed by atoms with Crippen molar-refractivity contribution in [2.45, 2.75) is 50.3 Å². The average molecular weight is 358 g/mol. The van der Waals surface area contributed by atoms with E-state index in [0.29, 0.717) is 5.75 Å². The van der Waals surface area contributed by atoms with E-state index >= 15 is 0 Å². The highest BCUT2D eigenvalue weighted by Crippen LogP contribution is 2.58. The van der Waals surface area contributed by atoms with Crippen LogP contribution >= 0.6 is 7.82 Å². The average Bonchev–Trinajstić information content (AvgIpc) is 2.99. The molecule has 0 unspecified atom stereocenters. The Morgan fingerprint density at radius 1 is 1.12 bits per heavy atom. The van der Waals surface area contributed by atoms with Crippen molar-refractivity contribution in [3.8, 4) is 5.75 Å². The Bertz CT molecular complexity index is 650. The lowest BCUT2D eigenvalue weighted by Crippen LogP contribution is -2.48. The van der Waals surface area contributed by atoms with Crippen molar-refractivity contribution in [1.82, 2.24) is 0 Å². The van der Waals surface area contributed by atoms with Gasteiger partial charge in [-0.25, -0.2) is 4.57 Å². The molecule has 9 heteroatoms. The first-order valence-corrected chi connectivity index (χ1v) is 9.19. The predicted octanol–water partition coefficient (Wildman–Crippen LogP) is 1.83. The summed E-state index contributed by atoms with van der Waals surface area (Å²) < 4.78 is 46.5. The van der Waals surface area contributed by atoms with E-state index in [9.17, 15) is 9.67 Å². The quantitative estimate of drug-likeness (QED) is 0.818. The third-order valence-corrected chi connectivity index (χ3v) is 5.51. The first kappa shape index (κ1) is 16.5. The molecule has 6 atom stereocenters. The molecule has 3 aliphatic heterocycles. The van der Waals surface area contributed by atoms with Crippen molar-refractivity contribution in [3.05, 3.63) is 30.3 Å². The van der Waals surface area contributed by atoms with Crippen molar-refractivity contribution in [3.63, 3.8) is 0 Å². The highest BCUT2D eigenvalue weighted by atomic mass is 31.2. The first-order chi connectivity index (χ1) is 11.4. The maximum Gasteiger partial charge on any atom is 0.530 e. The molecule has 8 nitrogen and oxygen atoms in total. The van der Waals surface area contributed by atoms with Gasteiger partial charge in [0.1, 0.15) is 30.2 Å². The van der Waals surface area contributed by atoms with Crippen LogP contribution in [-0.4, -0.2) is 48.2 Å². The molecule has 3 saturated heterocycles. The summed E-state index contributed by atoms with van der Waals surface area (Å²) in [5.74, 6) is -0.489. The van der Waals surface area contributed by atoms with Gasteiger partial charge in [-0.15, -0.1) is 0 Å². The Morgan fingerprint density at radius 3 is 2.58 bits per heavy atom. The minimum Gasteiger partial charge on any atom is -0.404 e. The Labute approximate surface area is 139 Å². The van der Waals surface area contributed by atoms with Gasteiger partial charge < -0.3 is 23.8 Å². The summed E-state index contributed by atoms with van der Waals surface area (Å²) >= 11 is 0. The SMILES string of the molecule is CC1(C)O[C@H]2O[C@H]3[C@H](O[P@@](=O)(Oc4ccccc4)O[C@@H]3CO)[C@H]2O1. The maximum atomic E-state index is 12.9. The first-order valence-electron chi connectivity index (χ1n) is 7.73. The summed E-state index contributed by atoms with van der Waals surface area (Å²) in [5.41, 5.74) is 0. The number of rotatable bonds is 3. The minimum absolute atomic E-state index is 0.343. The van der Waals surface area contributed by atoms with Crippen LogP contribution in [-0.2, 0) is 27.8 Å². The number of aliphatic hydroxyl groups excluding tert-OH is 1. The zero-order valence-electron chi connectivity index (χ0n) is 13.2. The van der Waals surface area contributed by atoms with Gasteiger partial charge in [-0.2, -0.15) is 0 Å². The molecule has 1 aromatic carbocycles. The molecule has 0 amide bonds. The van der Waals surface area contributed by atoms with Gasteiger partial charge in [-0.05, 0) is 26.0 Å². The zero-order valence-corrected chi connectivity index (χ0v) is 14.1. The molecule has 3 heterocycles. The second kappa shape index (κ2) is 5.78. The van der Waals surface area contributed by atoms with Crippen LogP contribution in [0.3, 0.4) is 0 Å². The summed E-state index contributed by atoms with van der Waals surface area (Å²) in [6.45, 7) is 3.12. The molecule has 0 aliphatic carbocycles. The molecule has 0 bridgehead atoms. The van der Waals surface area contributed by atoms with Gasteiger partial charge in [0.25, 0.3) is 0 Å². The fourth-order valence-corrected chi connectivity index (χ4v) is 4.69. The number of phosphoric acid groups is 1. The topological polar surface area (TPSA) is 92.7 Å². The van der Waals surface area contributed by atoms with E-state index in [0.717, 1.165) is 0 Å². The van der Waals surface area contributed by atoms with Crippen LogP contribution in [0.2, 0.25) is 0 Å². The van der Waals surface area contributed by atoms with Crippen LogP contribution in [0.15, 0.2) is 30.3 Å². The van der Waals surface area contributed by atoms with Gasteiger partial charge >= 0.3 is 7.82 Å². The molecule has 1 N–H and O–H groups in total. The monoisotopic (exact) mass is 358 g/mol. The van der Waals surface area contributed by atoms with E-state index in [1.807, 2.05) is 0 Å². The van der Waals surface area contributed by atoms with Crippen LogP contribution in [0.4, 0.5) is 0 Å². The van der Waals surface area contributed by atoms with Gasteiger partial charge in [-0.1, -0.05) is 18.2 Å². The highest BCUT2D eigenvalue weighted by molar-refractivity contribution is 7.49. The Kier molecular flexibility index (Phi) is 3.97. The van der Waals surface area contributed by atoms with Crippen molar-refractivity contribution in [1.29, 1.82) is 0 Å². The Hall–Kier alpha value is -0.990. The Morgan fingerprint density at radius 2 is 1.88 bits per heavy atom. The van der Waals surface area contributed by atoms with Gasteiger partial charge in [-0.3, -0.25) is 9.05 Å². The van der Waals surface area contributed by atoms with Crippen LogP contribution < -0.4 is 4.52 Å². The number of phosphoric ester groups is 1. The molecule has 3 fully saturated rings. The van der Waals surface area contributed by atoms with E-state index in [-0.39, 0.29) is 0 Å². The summed E-state index contributed by atoms with van der Waals surface area (Å²) in [4.78, 5) is 0. The highest BCUT2D eigenvalue weighted by Gasteiger charge is 2.63. The van der Waals surface area contributed by atoms with E-state index in [4.69, 9.17) is 27.8 Å². The molecule has 3 aliphatic rings. The number of aliphatic hydroxyl groups is 1. The van der Waals surface area contributed by atoms with E-state index in [1.54, 1.807) is 44.2 Å². The number of hydrogen-bond donors (Lipinski definition) is 1. The molecule has 0 aromatic heterocycles. The molecular formula is C15H19O8P. The van der Waals surface area contributed by atoms with Gasteiger partial charge in [0, 0.05) is 0 Å². The second-order valence-electron chi connectivity index (χ2n) is 6.32. The van der Waals surface area contributed by atoms with Crippen LogP contribution in [0.25, 0.3) is 0 Å². The number of hydrogen-bond acceptors (Lipinski definition) is 8. The van der Waals surface area contributed by atoms with E-state index in [2.05, 4.69) is 0 Å². The van der Waals surface area contributed by atoms with Crippen LogP contribution in [0.5, 0.6) is 5.75 Å². The van der Waals surface area contributed by atoms with Gasteiger partial charge in [0.05, 0.1) is 6.61 Å². The number of para-hydroxylation sites is 1. The fraction of sp³-hybridized carbons (Fsp3) is 0.600. The molecule has 0 saturated carbocycles. The molecule has 4 rings (SSSR count). The number of benzene rings is 1.